The molecule has 1 aliphatic carbocycles. The van der Waals surface area contributed by atoms with Crippen LogP contribution in [-0.4, -0.2) is 105 Å². The van der Waals surface area contributed by atoms with Crippen molar-refractivity contribution in [3.63, 3.8) is 0 Å². The Labute approximate surface area is 197 Å². The van der Waals surface area contributed by atoms with Gasteiger partial charge in [0, 0.05) is 6.04 Å². The number of aromatic nitrogens is 5. The summed E-state index contributed by atoms with van der Waals surface area (Å²) in [5, 5.41) is 48.4. The van der Waals surface area contributed by atoms with E-state index in [4.69, 9.17) is 21.1 Å². The molecule has 1 aliphatic heterocycles. The van der Waals surface area contributed by atoms with E-state index in [-0.39, 0.29) is 22.5 Å². The van der Waals surface area contributed by atoms with Gasteiger partial charge < -0.3 is 45.0 Å². The Morgan fingerprint density at radius 3 is 2.47 bits per heavy atom. The Morgan fingerprint density at radius 2 is 1.85 bits per heavy atom. The topological polar surface area (TPSA) is 225 Å². The van der Waals surface area contributed by atoms with Crippen LogP contribution in [0.4, 0.5) is 5.82 Å². The summed E-state index contributed by atoms with van der Waals surface area (Å²) in [6.07, 6.45) is -1.60. The van der Waals surface area contributed by atoms with Crippen molar-refractivity contribution >= 4 is 36.2 Å². The van der Waals surface area contributed by atoms with Gasteiger partial charge in [-0.25, -0.2) is 0 Å². The minimum Gasteiger partial charge on any atom is -0.393 e. The fraction of sp³-hybridized carbons (Fsp3) is 0.765. The third-order valence-corrected chi connectivity index (χ3v) is 7.75. The summed E-state index contributed by atoms with van der Waals surface area (Å²) >= 11 is 6.09. The highest BCUT2D eigenvalue weighted by atomic mass is 35.5. The van der Waals surface area contributed by atoms with Gasteiger partial charge in [0.2, 0.25) is 10.6 Å². The molecule has 2 fully saturated rings. The quantitative estimate of drug-likeness (QED) is 0.150. The van der Waals surface area contributed by atoms with Crippen LogP contribution in [0.3, 0.4) is 0 Å². The highest BCUT2D eigenvalue weighted by Crippen LogP contribution is 2.51. The van der Waals surface area contributed by atoms with Crippen LogP contribution in [0.2, 0.25) is 5.28 Å². The van der Waals surface area contributed by atoms with E-state index in [0.717, 1.165) is 30.4 Å². The number of hydrogen-bond acceptors (Lipinski definition) is 12. The number of nitrogens with one attached hydrogen (secondary N) is 1. The highest BCUT2D eigenvalue weighted by molar-refractivity contribution is 7.53. The number of rotatable bonds is 9. The Hall–Kier alpha value is -1.52. The summed E-state index contributed by atoms with van der Waals surface area (Å²) in [6, 6.07) is 0.198. The van der Waals surface area contributed by atoms with Crippen LogP contribution in [0.1, 0.15) is 31.9 Å². The van der Waals surface area contributed by atoms with Crippen LogP contribution in [0.15, 0.2) is 0 Å². The molecular weight excluding hydrogens is 499 g/mol. The van der Waals surface area contributed by atoms with Gasteiger partial charge in [-0.3, -0.25) is 4.57 Å². The lowest BCUT2D eigenvalue weighted by atomic mass is 10.1. The first-order valence-corrected chi connectivity index (χ1v) is 12.6. The van der Waals surface area contributed by atoms with E-state index in [9.17, 15) is 34.8 Å². The molecule has 4 atom stereocenters. The number of fused-ring (bicyclic) bond motifs is 1. The zero-order chi connectivity index (χ0) is 24.7. The maximum Gasteiger partial charge on any atom is 0.361 e. The largest absolute Gasteiger partial charge is 0.393 e. The van der Waals surface area contributed by atoms with Crippen molar-refractivity contribution < 1.29 is 44.3 Å². The number of nitrogens with zero attached hydrogens (tertiary/aromatic N) is 5. The van der Waals surface area contributed by atoms with E-state index < -0.39 is 57.3 Å². The second-order valence-electron chi connectivity index (χ2n) is 8.34. The fourth-order valence-corrected chi connectivity index (χ4v) is 4.83. The van der Waals surface area contributed by atoms with Gasteiger partial charge in [0.25, 0.3) is 0 Å². The zero-order valence-electron chi connectivity index (χ0n) is 17.8. The molecule has 0 amide bonds. The van der Waals surface area contributed by atoms with Crippen molar-refractivity contribution in [2.75, 3.05) is 25.1 Å². The van der Waals surface area contributed by atoms with E-state index in [0.29, 0.717) is 5.82 Å². The summed E-state index contributed by atoms with van der Waals surface area (Å²) in [5.74, 6) is 0.374. The maximum absolute atomic E-state index is 11.7. The monoisotopic (exact) mass is 524 g/mol. The average Bonchev–Trinajstić information content (AvgIpc) is 3.50. The van der Waals surface area contributed by atoms with Crippen molar-refractivity contribution in [1.82, 2.24) is 25.0 Å². The van der Waals surface area contributed by atoms with Gasteiger partial charge in [-0.2, -0.15) is 14.6 Å². The molecule has 0 radical (unpaired) electrons. The number of ether oxygens (including phenoxy) is 2. The third kappa shape index (κ3) is 4.65. The van der Waals surface area contributed by atoms with E-state index in [1.165, 1.54) is 0 Å². The van der Waals surface area contributed by atoms with Gasteiger partial charge in [0.05, 0.1) is 19.8 Å². The predicted octanol–water partition coefficient (Wildman–Crippen LogP) is -1.28. The summed E-state index contributed by atoms with van der Waals surface area (Å²) in [7, 11) is -5.11. The number of hydrogen-bond donors (Lipinski definition) is 7. The van der Waals surface area contributed by atoms with Crippen LogP contribution < -0.4 is 5.32 Å². The molecule has 1 saturated carbocycles. The van der Waals surface area contributed by atoms with Crippen LogP contribution in [-0.2, 0) is 14.0 Å². The van der Waals surface area contributed by atoms with Crippen molar-refractivity contribution in [2.45, 2.75) is 61.6 Å². The smallest absolute Gasteiger partial charge is 0.361 e. The summed E-state index contributed by atoms with van der Waals surface area (Å²) in [6.45, 7) is -3.05. The molecule has 0 bridgehead atoms. The second kappa shape index (κ2) is 9.85. The van der Waals surface area contributed by atoms with E-state index >= 15 is 0 Å². The molecule has 3 heterocycles. The number of anilines is 1. The Kier molecular flexibility index (Phi) is 7.41. The first-order valence-electron chi connectivity index (χ1n) is 10.6. The van der Waals surface area contributed by atoms with E-state index in [1.54, 1.807) is 0 Å². The van der Waals surface area contributed by atoms with Gasteiger partial charge in [-0.05, 0) is 24.4 Å². The van der Waals surface area contributed by atoms with Crippen molar-refractivity contribution in [3.05, 3.63) is 5.28 Å². The highest BCUT2D eigenvalue weighted by Gasteiger charge is 2.51. The third-order valence-electron chi connectivity index (χ3n) is 6.11. The molecule has 7 N–H and O–H groups in total. The molecule has 190 valence electrons. The zero-order valence-corrected chi connectivity index (χ0v) is 19.5. The minimum atomic E-state index is -5.11. The number of aliphatic hydroxyl groups excluding tert-OH is 4. The van der Waals surface area contributed by atoms with Gasteiger partial charge in [0.1, 0.15) is 18.3 Å². The van der Waals surface area contributed by atoms with Gasteiger partial charge >= 0.3 is 7.60 Å². The average molecular weight is 525 g/mol. The van der Waals surface area contributed by atoms with Crippen LogP contribution in [0.25, 0.3) is 11.2 Å². The molecule has 0 unspecified atom stereocenters. The van der Waals surface area contributed by atoms with Gasteiger partial charge in [-0.1, -0.05) is 18.1 Å². The van der Waals surface area contributed by atoms with Crippen molar-refractivity contribution in [1.29, 1.82) is 0 Å². The number of aliphatic hydroxyl groups is 4. The molecule has 34 heavy (non-hydrogen) atoms. The molecule has 2 aromatic rings. The lowest BCUT2D eigenvalue weighted by Gasteiger charge is -2.31. The summed E-state index contributed by atoms with van der Waals surface area (Å²) in [5.41, 5.74) is 0.413. The Bertz CT molecular complexity index is 1060. The van der Waals surface area contributed by atoms with Gasteiger partial charge in [-0.15, -0.1) is 5.10 Å². The number of halogens is 1. The fourth-order valence-electron chi connectivity index (χ4n) is 4.05. The molecule has 2 aromatic heterocycles. The normalized spacial score (nSPS) is 26.6. The maximum atomic E-state index is 11.7. The second-order valence-corrected chi connectivity index (χ2v) is 10.6. The Balaban J connectivity index is 1.56. The van der Waals surface area contributed by atoms with Crippen molar-refractivity contribution in [2.24, 2.45) is 0 Å². The van der Waals surface area contributed by atoms with E-state index in [2.05, 4.69) is 25.6 Å². The van der Waals surface area contributed by atoms with Crippen LogP contribution in [0, 0.1) is 0 Å². The molecule has 15 nitrogen and oxygen atoms in total. The standard InChI is InChI=1S/C17H26ClN6O9P/c18-16-20-13(19-8-3-1-2-4-8)10-14(21-16)24(23-22-10)15-12(28)11(27)9(33-15)5-32-17(6-25,7-26)34(29,30)31/h8-9,11-12,15,25-28H,1-7H2,(H,19,20,21)(H2,29,30,31)/t9-,11-,12-,15-/m1/s1. The SMILES string of the molecule is O=P(O)(O)C(CO)(CO)OC[C@H]1O[C@@H](n2nnc3c(NC4CCCC4)nc(Cl)nc32)[C@H](O)[C@@H]1O. The lowest BCUT2D eigenvalue weighted by Crippen LogP contribution is -2.44. The van der Waals surface area contributed by atoms with Crippen LogP contribution >= 0.6 is 19.2 Å². The van der Waals surface area contributed by atoms with Crippen LogP contribution in [0.5, 0.6) is 0 Å². The molecular formula is C17H26ClN6O9P. The van der Waals surface area contributed by atoms with E-state index in [1.807, 2.05) is 0 Å². The first-order chi connectivity index (χ1) is 16.1. The lowest BCUT2D eigenvalue weighted by molar-refractivity contribution is -0.121. The molecule has 0 spiro atoms. The Morgan fingerprint density at radius 1 is 1.18 bits per heavy atom. The molecule has 17 heteroatoms. The predicted molar refractivity (Wildman–Crippen MR) is 115 cm³/mol. The van der Waals surface area contributed by atoms with Crippen molar-refractivity contribution in [3.8, 4) is 0 Å². The molecule has 1 saturated heterocycles. The minimum absolute atomic E-state index is 0.0956. The molecule has 4 rings (SSSR count). The molecule has 2 aliphatic rings. The van der Waals surface area contributed by atoms with Gasteiger partial charge in [0.15, 0.2) is 23.2 Å². The summed E-state index contributed by atoms with van der Waals surface area (Å²) < 4.78 is 23.6. The molecule has 0 aromatic carbocycles. The first kappa shape index (κ1) is 25.6. The summed E-state index contributed by atoms with van der Waals surface area (Å²) in [4.78, 5) is 27.2.